The average molecular weight is 253 g/mol. The van der Waals surface area contributed by atoms with Crippen molar-refractivity contribution in [3.63, 3.8) is 0 Å². The summed E-state index contributed by atoms with van der Waals surface area (Å²) in [5, 5.41) is 12.4. The summed E-state index contributed by atoms with van der Waals surface area (Å²) >= 11 is 0. The molecule has 0 aromatic heterocycles. The molecule has 1 rings (SSSR count). The first kappa shape index (κ1) is 14.5. The largest absolute Gasteiger partial charge is 0.372 e. The van der Waals surface area contributed by atoms with Gasteiger partial charge in [0.25, 0.3) is 0 Å². The fourth-order valence-corrected chi connectivity index (χ4v) is 3.70. The molecule has 0 amide bonds. The predicted octanol–water partition coefficient (Wildman–Crippen LogP) is 2.63. The van der Waals surface area contributed by atoms with Gasteiger partial charge in [0.1, 0.15) is 0 Å². The van der Waals surface area contributed by atoms with E-state index < -0.39 is 0 Å². The minimum atomic E-state index is 0.174. The molecule has 3 nitrogen and oxygen atoms in total. The molecule has 0 aromatic rings. The van der Waals surface area contributed by atoms with Crippen LogP contribution in [0.25, 0.3) is 0 Å². The van der Waals surface area contributed by atoms with E-state index in [0.717, 1.165) is 27.3 Å². The van der Waals surface area contributed by atoms with Crippen LogP contribution in [0.1, 0.15) is 32.6 Å². The van der Waals surface area contributed by atoms with E-state index in [1.165, 1.54) is 25.2 Å². The van der Waals surface area contributed by atoms with Crippen LogP contribution in [-0.2, 0) is 0 Å². The molecule has 0 bridgehead atoms. The first-order valence-electron chi connectivity index (χ1n) is 6.58. The maximum atomic E-state index is 9.13. The molecule has 4 atom stereocenters. The lowest BCUT2D eigenvalue weighted by atomic mass is 10.0. The maximum Gasteiger partial charge on any atom is 0.0822 e. The molecular formula is C13H24N3P. The predicted molar refractivity (Wildman–Crippen MR) is 76.1 cm³/mol. The average Bonchev–Trinajstić information content (AvgIpc) is 2.74. The second-order valence-electron chi connectivity index (χ2n) is 4.77. The zero-order valence-corrected chi connectivity index (χ0v) is 11.9. The van der Waals surface area contributed by atoms with Crippen LogP contribution in [0.2, 0.25) is 0 Å². The van der Waals surface area contributed by atoms with Crippen LogP contribution in [0.4, 0.5) is 0 Å². The molecule has 1 aliphatic rings. The Balaban J connectivity index is 2.28. The molecule has 0 saturated heterocycles. The van der Waals surface area contributed by atoms with Gasteiger partial charge in [-0.3, -0.25) is 4.99 Å². The monoisotopic (exact) mass is 253 g/mol. The number of hydrogen-bond donors (Lipinski definition) is 1. The van der Waals surface area contributed by atoms with Gasteiger partial charge in [-0.25, -0.2) is 0 Å². The summed E-state index contributed by atoms with van der Waals surface area (Å²) in [5.74, 6) is 0.916. The van der Waals surface area contributed by atoms with Crippen LogP contribution >= 0.6 is 8.58 Å². The number of nitrogens with one attached hydrogen (secondary N) is 1. The summed E-state index contributed by atoms with van der Waals surface area (Å²) in [5.41, 5.74) is 0. The summed E-state index contributed by atoms with van der Waals surface area (Å²) < 4.78 is 0. The molecular weight excluding hydrogens is 229 g/mol. The van der Waals surface area contributed by atoms with Crippen molar-refractivity contribution < 1.29 is 0 Å². The number of aliphatic imine (C=N–C) groups is 1. The smallest absolute Gasteiger partial charge is 0.0822 e. The molecule has 1 N–H and O–H groups in total. The molecule has 0 aliphatic heterocycles. The molecule has 0 radical (unpaired) electrons. The van der Waals surface area contributed by atoms with Crippen molar-refractivity contribution in [1.29, 1.82) is 5.26 Å². The molecule has 17 heavy (non-hydrogen) atoms. The van der Waals surface area contributed by atoms with Gasteiger partial charge in [0.05, 0.1) is 18.3 Å². The first-order valence-corrected chi connectivity index (χ1v) is 8.00. The fraction of sp³-hybridized carbons (Fsp3) is 0.846. The third-order valence-electron chi connectivity index (χ3n) is 3.40. The Morgan fingerprint density at radius 2 is 2.29 bits per heavy atom. The summed E-state index contributed by atoms with van der Waals surface area (Å²) in [6.07, 6.45) is 9.28. The van der Waals surface area contributed by atoms with Crippen LogP contribution < -0.4 is 5.32 Å². The van der Waals surface area contributed by atoms with Gasteiger partial charge in [0.15, 0.2) is 0 Å². The summed E-state index contributed by atoms with van der Waals surface area (Å²) in [6.45, 7) is 2.25. The lowest BCUT2D eigenvalue weighted by molar-refractivity contribution is 0.514. The van der Waals surface area contributed by atoms with E-state index in [9.17, 15) is 0 Å². The van der Waals surface area contributed by atoms with Crippen LogP contribution in [0.15, 0.2) is 4.99 Å². The van der Waals surface area contributed by atoms with Crippen molar-refractivity contribution in [3.8, 4) is 6.07 Å². The van der Waals surface area contributed by atoms with Crippen molar-refractivity contribution in [2.24, 2.45) is 16.8 Å². The Labute approximate surface area is 107 Å². The van der Waals surface area contributed by atoms with Gasteiger partial charge in [0.2, 0.25) is 0 Å². The van der Waals surface area contributed by atoms with Gasteiger partial charge >= 0.3 is 0 Å². The van der Waals surface area contributed by atoms with Gasteiger partial charge < -0.3 is 5.32 Å². The number of nitrogens with zero attached hydrogens (tertiary/aromatic N) is 2. The molecule has 1 saturated carbocycles. The molecule has 4 unspecified atom stereocenters. The summed E-state index contributed by atoms with van der Waals surface area (Å²) in [6, 6.07) is 2.75. The second kappa shape index (κ2) is 8.48. The Bertz CT molecular complexity index is 272. The first-order chi connectivity index (χ1) is 8.31. The highest BCUT2D eigenvalue weighted by Gasteiger charge is 2.33. The van der Waals surface area contributed by atoms with Crippen molar-refractivity contribution in [1.82, 2.24) is 5.32 Å². The summed E-state index contributed by atoms with van der Waals surface area (Å²) in [4.78, 5) is 3.94. The van der Waals surface area contributed by atoms with Crippen LogP contribution in [0.5, 0.6) is 0 Å². The normalized spacial score (nSPS) is 29.1. The molecule has 0 heterocycles. The van der Waals surface area contributed by atoms with Crippen LogP contribution in [-0.4, -0.2) is 31.8 Å². The third-order valence-corrected chi connectivity index (χ3v) is 4.90. The summed E-state index contributed by atoms with van der Waals surface area (Å²) in [7, 11) is 2.87. The SMILES string of the molecule is CCCPCCC1CC(C#N)C(N/C=N\C)C1. The number of nitriles is 1. The van der Waals surface area contributed by atoms with Crippen LogP contribution in [0.3, 0.4) is 0 Å². The topological polar surface area (TPSA) is 48.2 Å². The third kappa shape index (κ3) is 5.04. The van der Waals surface area contributed by atoms with E-state index in [4.69, 9.17) is 5.26 Å². The lowest BCUT2D eigenvalue weighted by Crippen LogP contribution is -2.30. The van der Waals surface area contributed by atoms with Gasteiger partial charge in [-0.1, -0.05) is 13.3 Å². The second-order valence-corrected chi connectivity index (χ2v) is 6.27. The Hall–Kier alpha value is -0.610. The van der Waals surface area contributed by atoms with Gasteiger partial charge in [-0.05, 0) is 37.5 Å². The highest BCUT2D eigenvalue weighted by atomic mass is 31.1. The molecule has 0 aromatic carbocycles. The standard InChI is InChI=1S/C13H24N3P/c1-3-5-17-6-4-11-7-12(9-14)13(8-11)16-10-15-2/h10-13,17H,3-8H2,1-2H3,(H,15,16). The van der Waals surface area contributed by atoms with Crippen molar-refractivity contribution in [2.45, 2.75) is 38.6 Å². The molecule has 96 valence electrons. The Morgan fingerprint density at radius 1 is 1.47 bits per heavy atom. The minimum absolute atomic E-state index is 0.174. The van der Waals surface area contributed by atoms with Crippen molar-refractivity contribution >= 4 is 14.9 Å². The van der Waals surface area contributed by atoms with E-state index in [1.807, 2.05) is 0 Å². The minimum Gasteiger partial charge on any atom is -0.372 e. The zero-order chi connectivity index (χ0) is 12.5. The molecule has 4 heteroatoms. The number of hydrogen-bond acceptors (Lipinski definition) is 2. The molecule has 0 spiro atoms. The number of rotatable bonds is 7. The van der Waals surface area contributed by atoms with Gasteiger partial charge in [-0.2, -0.15) is 5.26 Å². The molecule has 1 fully saturated rings. The highest BCUT2D eigenvalue weighted by molar-refractivity contribution is 7.37. The van der Waals surface area contributed by atoms with Crippen LogP contribution in [0, 0.1) is 23.2 Å². The van der Waals surface area contributed by atoms with Crippen molar-refractivity contribution in [3.05, 3.63) is 0 Å². The van der Waals surface area contributed by atoms with E-state index >= 15 is 0 Å². The van der Waals surface area contributed by atoms with E-state index in [2.05, 4.69) is 23.3 Å². The van der Waals surface area contributed by atoms with E-state index in [-0.39, 0.29) is 5.92 Å². The highest BCUT2D eigenvalue weighted by Crippen LogP contribution is 2.34. The molecule has 1 aliphatic carbocycles. The van der Waals surface area contributed by atoms with Gasteiger partial charge in [0, 0.05) is 13.1 Å². The zero-order valence-electron chi connectivity index (χ0n) is 10.9. The maximum absolute atomic E-state index is 9.13. The van der Waals surface area contributed by atoms with E-state index in [1.54, 1.807) is 13.4 Å². The Morgan fingerprint density at radius 3 is 2.94 bits per heavy atom. The fourth-order valence-electron chi connectivity index (χ4n) is 2.48. The quantitative estimate of drug-likeness (QED) is 0.328. The Kier molecular flexibility index (Phi) is 7.21. The van der Waals surface area contributed by atoms with Crippen molar-refractivity contribution in [2.75, 3.05) is 19.4 Å². The van der Waals surface area contributed by atoms with Gasteiger partial charge in [-0.15, -0.1) is 8.58 Å². The lowest BCUT2D eigenvalue weighted by Gasteiger charge is -2.12. The van der Waals surface area contributed by atoms with E-state index in [0.29, 0.717) is 6.04 Å².